The molecule has 0 aromatic carbocycles. The number of pyridine rings is 1. The fourth-order valence-electron chi connectivity index (χ4n) is 2.53. The Morgan fingerprint density at radius 3 is 2.40 bits per heavy atom. The molecule has 1 atom stereocenters. The van der Waals surface area contributed by atoms with Gasteiger partial charge in [-0.05, 0) is 55.8 Å². The highest BCUT2D eigenvalue weighted by molar-refractivity contribution is 9.10. The Morgan fingerprint density at radius 1 is 1.24 bits per heavy atom. The summed E-state index contributed by atoms with van der Waals surface area (Å²) in [7, 11) is 0. The first-order chi connectivity index (χ1) is 11.7. The summed E-state index contributed by atoms with van der Waals surface area (Å²) >= 11 is 3.37. The van der Waals surface area contributed by atoms with Gasteiger partial charge in [-0.3, -0.25) is 4.79 Å². The standard InChI is InChI=1S/C17H25BrN4O3/c1-12(20-16(24)25-17(2,3)4)15(23)22-9-7-21(8-10-22)14-6-5-13(18)11-19-14/h5-6,11-12H,7-10H2,1-4H3,(H,20,24). The van der Waals surface area contributed by atoms with E-state index in [2.05, 4.69) is 31.1 Å². The second-order valence-corrected chi connectivity index (χ2v) is 7.93. The molecular weight excluding hydrogens is 388 g/mol. The van der Waals surface area contributed by atoms with Crippen LogP contribution in [0.4, 0.5) is 10.6 Å². The zero-order chi connectivity index (χ0) is 18.6. The second kappa shape index (κ2) is 8.03. The van der Waals surface area contributed by atoms with Gasteiger partial charge in [0, 0.05) is 36.8 Å². The minimum absolute atomic E-state index is 0.103. The summed E-state index contributed by atoms with van der Waals surface area (Å²) in [6, 6.07) is 3.29. The molecular formula is C17H25BrN4O3. The number of hydrogen-bond donors (Lipinski definition) is 1. The highest BCUT2D eigenvalue weighted by Crippen LogP contribution is 2.17. The van der Waals surface area contributed by atoms with Crippen LogP contribution in [0.5, 0.6) is 0 Å². The number of nitrogens with one attached hydrogen (secondary N) is 1. The molecule has 1 fully saturated rings. The van der Waals surface area contributed by atoms with E-state index >= 15 is 0 Å². The molecule has 0 aliphatic carbocycles. The number of anilines is 1. The van der Waals surface area contributed by atoms with E-state index in [0.29, 0.717) is 26.2 Å². The predicted octanol–water partition coefficient (Wildman–Crippen LogP) is 2.41. The van der Waals surface area contributed by atoms with E-state index in [1.807, 2.05) is 12.1 Å². The SMILES string of the molecule is CC(NC(=O)OC(C)(C)C)C(=O)N1CCN(c2ccc(Br)cn2)CC1. The Kier molecular flexibility index (Phi) is 6.26. The van der Waals surface area contributed by atoms with Gasteiger partial charge in [-0.1, -0.05) is 0 Å². The topological polar surface area (TPSA) is 74.8 Å². The molecule has 0 radical (unpaired) electrons. The molecule has 0 saturated carbocycles. The molecule has 1 aromatic rings. The van der Waals surface area contributed by atoms with Crippen molar-refractivity contribution in [3.63, 3.8) is 0 Å². The summed E-state index contributed by atoms with van der Waals surface area (Å²) in [5, 5.41) is 2.60. The molecule has 1 unspecified atom stereocenters. The van der Waals surface area contributed by atoms with Gasteiger partial charge in [0.25, 0.3) is 0 Å². The van der Waals surface area contributed by atoms with Crippen molar-refractivity contribution < 1.29 is 14.3 Å². The number of amides is 2. The molecule has 0 spiro atoms. The van der Waals surface area contributed by atoms with Crippen LogP contribution in [0.2, 0.25) is 0 Å². The number of carbonyl (C=O) groups excluding carboxylic acids is 2. The van der Waals surface area contributed by atoms with Crippen molar-refractivity contribution in [1.82, 2.24) is 15.2 Å². The molecule has 2 heterocycles. The van der Waals surface area contributed by atoms with E-state index in [4.69, 9.17) is 4.74 Å². The van der Waals surface area contributed by atoms with Crippen molar-refractivity contribution in [2.75, 3.05) is 31.1 Å². The minimum atomic E-state index is -0.618. The fraction of sp³-hybridized carbons (Fsp3) is 0.588. The van der Waals surface area contributed by atoms with Crippen molar-refractivity contribution in [1.29, 1.82) is 0 Å². The zero-order valence-electron chi connectivity index (χ0n) is 15.1. The van der Waals surface area contributed by atoms with Crippen LogP contribution in [-0.2, 0) is 9.53 Å². The van der Waals surface area contributed by atoms with Crippen molar-refractivity contribution >= 4 is 33.7 Å². The summed E-state index contributed by atoms with van der Waals surface area (Å²) in [5.74, 6) is 0.796. The van der Waals surface area contributed by atoms with E-state index in [1.54, 1.807) is 38.8 Å². The number of halogens is 1. The average molecular weight is 413 g/mol. The van der Waals surface area contributed by atoms with Gasteiger partial charge in [0.1, 0.15) is 17.5 Å². The Balaban J connectivity index is 1.84. The van der Waals surface area contributed by atoms with Crippen LogP contribution in [0.25, 0.3) is 0 Å². The number of piperazine rings is 1. The number of alkyl carbamates (subject to hydrolysis) is 1. The Labute approximate surface area is 156 Å². The summed E-state index contributed by atoms with van der Waals surface area (Å²) in [5.41, 5.74) is -0.587. The van der Waals surface area contributed by atoms with Gasteiger partial charge in [-0.15, -0.1) is 0 Å². The van der Waals surface area contributed by atoms with Crippen LogP contribution < -0.4 is 10.2 Å². The highest BCUT2D eigenvalue weighted by Gasteiger charge is 2.27. The number of carbonyl (C=O) groups is 2. The third-order valence-electron chi connectivity index (χ3n) is 3.73. The van der Waals surface area contributed by atoms with Crippen LogP contribution in [-0.4, -0.2) is 59.7 Å². The van der Waals surface area contributed by atoms with Gasteiger partial charge in [0.2, 0.25) is 5.91 Å². The number of hydrogen-bond acceptors (Lipinski definition) is 5. The van der Waals surface area contributed by atoms with E-state index < -0.39 is 17.7 Å². The second-order valence-electron chi connectivity index (χ2n) is 7.01. The molecule has 1 aliphatic rings. The summed E-state index contributed by atoms with van der Waals surface area (Å²) < 4.78 is 6.13. The Bertz CT molecular complexity index is 607. The van der Waals surface area contributed by atoms with E-state index in [1.165, 1.54) is 0 Å². The van der Waals surface area contributed by atoms with Crippen LogP contribution in [0.15, 0.2) is 22.8 Å². The maximum Gasteiger partial charge on any atom is 0.408 e. The predicted molar refractivity (Wildman–Crippen MR) is 99.6 cm³/mol. The van der Waals surface area contributed by atoms with Gasteiger partial charge in [-0.25, -0.2) is 9.78 Å². The maximum absolute atomic E-state index is 12.5. The quantitative estimate of drug-likeness (QED) is 0.824. The first kappa shape index (κ1) is 19.5. The molecule has 0 bridgehead atoms. The summed E-state index contributed by atoms with van der Waals surface area (Å²) in [6.45, 7) is 9.64. The molecule has 138 valence electrons. The van der Waals surface area contributed by atoms with E-state index in [-0.39, 0.29) is 5.91 Å². The average Bonchev–Trinajstić information content (AvgIpc) is 2.53. The minimum Gasteiger partial charge on any atom is -0.444 e. The van der Waals surface area contributed by atoms with Gasteiger partial charge < -0.3 is 19.9 Å². The lowest BCUT2D eigenvalue weighted by Crippen LogP contribution is -2.54. The van der Waals surface area contributed by atoms with Gasteiger partial charge in [-0.2, -0.15) is 0 Å². The van der Waals surface area contributed by atoms with Gasteiger partial charge >= 0.3 is 6.09 Å². The molecule has 8 heteroatoms. The van der Waals surface area contributed by atoms with Crippen LogP contribution >= 0.6 is 15.9 Å². The number of aromatic nitrogens is 1. The van der Waals surface area contributed by atoms with Crippen LogP contribution in [0.1, 0.15) is 27.7 Å². The molecule has 1 aromatic heterocycles. The van der Waals surface area contributed by atoms with Crippen LogP contribution in [0.3, 0.4) is 0 Å². The third kappa shape index (κ3) is 5.88. The molecule has 2 amide bonds. The van der Waals surface area contributed by atoms with Gasteiger partial charge in [0.05, 0.1) is 0 Å². The Hall–Kier alpha value is -1.83. The van der Waals surface area contributed by atoms with Crippen LogP contribution in [0, 0.1) is 0 Å². The molecule has 1 aliphatic heterocycles. The highest BCUT2D eigenvalue weighted by atomic mass is 79.9. The first-order valence-electron chi connectivity index (χ1n) is 8.30. The molecule has 1 N–H and O–H groups in total. The summed E-state index contributed by atoms with van der Waals surface area (Å²) in [6.07, 6.45) is 1.19. The smallest absolute Gasteiger partial charge is 0.408 e. The van der Waals surface area contributed by atoms with Crippen molar-refractivity contribution in [3.05, 3.63) is 22.8 Å². The first-order valence-corrected chi connectivity index (χ1v) is 9.10. The lowest BCUT2D eigenvalue weighted by molar-refractivity contribution is -0.133. The maximum atomic E-state index is 12.5. The molecule has 25 heavy (non-hydrogen) atoms. The Morgan fingerprint density at radius 2 is 1.88 bits per heavy atom. The fourth-order valence-corrected chi connectivity index (χ4v) is 2.77. The van der Waals surface area contributed by atoms with Crippen molar-refractivity contribution in [2.24, 2.45) is 0 Å². The lowest BCUT2D eigenvalue weighted by Gasteiger charge is -2.36. The van der Waals surface area contributed by atoms with Gasteiger partial charge in [0.15, 0.2) is 0 Å². The van der Waals surface area contributed by atoms with E-state index in [0.717, 1.165) is 10.3 Å². The monoisotopic (exact) mass is 412 g/mol. The molecule has 2 rings (SSSR count). The van der Waals surface area contributed by atoms with Crippen molar-refractivity contribution in [3.8, 4) is 0 Å². The number of nitrogens with zero attached hydrogens (tertiary/aromatic N) is 3. The molecule has 1 saturated heterocycles. The number of rotatable bonds is 3. The number of ether oxygens (including phenoxy) is 1. The summed E-state index contributed by atoms with van der Waals surface area (Å²) in [4.78, 5) is 32.6. The molecule has 7 nitrogen and oxygen atoms in total. The van der Waals surface area contributed by atoms with E-state index in [9.17, 15) is 9.59 Å². The third-order valence-corrected chi connectivity index (χ3v) is 4.20. The van der Waals surface area contributed by atoms with Crippen molar-refractivity contribution in [2.45, 2.75) is 39.3 Å². The zero-order valence-corrected chi connectivity index (χ0v) is 16.7. The largest absolute Gasteiger partial charge is 0.444 e. The normalized spacial score (nSPS) is 16.4. The lowest BCUT2D eigenvalue weighted by atomic mass is 10.2.